The molecule has 0 bridgehead atoms. The minimum Gasteiger partial charge on any atom is -0.334 e. The fourth-order valence-corrected chi connectivity index (χ4v) is 1.31. The van der Waals surface area contributed by atoms with Crippen molar-refractivity contribution >= 4 is 6.03 Å². The second-order valence-electron chi connectivity index (χ2n) is 4.07. The summed E-state index contributed by atoms with van der Waals surface area (Å²) in [5.74, 6) is 0. The first-order valence-corrected chi connectivity index (χ1v) is 5.57. The maximum absolute atomic E-state index is 11.4. The maximum Gasteiger partial charge on any atom is 0.319 e. The van der Waals surface area contributed by atoms with Gasteiger partial charge in [0.2, 0.25) is 0 Å². The van der Waals surface area contributed by atoms with Crippen molar-refractivity contribution in [2.24, 2.45) is 5.73 Å². The largest absolute Gasteiger partial charge is 0.334 e. The molecular weight excluding hydrogens is 214 g/mol. The van der Waals surface area contributed by atoms with Crippen molar-refractivity contribution in [3.05, 3.63) is 47.2 Å². The number of amides is 2. The highest BCUT2D eigenvalue weighted by Gasteiger charge is 1.98. The number of hydrogen-bond acceptors (Lipinski definition) is 2. The number of nitrogens with two attached hydrogens (primary N) is 1. The standard InChI is InChI=1S/C13H19N3O/c1-10(2)8-15-13(17)16-9-12-5-3-4-11(6-12)7-14/h3-6,8H,7,9,14H2,1-2H3,(H2,15,16,17). The van der Waals surface area contributed by atoms with E-state index in [1.54, 1.807) is 6.20 Å². The minimum absolute atomic E-state index is 0.204. The van der Waals surface area contributed by atoms with Crippen molar-refractivity contribution in [2.75, 3.05) is 0 Å². The topological polar surface area (TPSA) is 67.2 Å². The monoisotopic (exact) mass is 233 g/mol. The fourth-order valence-electron chi connectivity index (χ4n) is 1.31. The van der Waals surface area contributed by atoms with Crippen LogP contribution < -0.4 is 16.4 Å². The Morgan fingerprint density at radius 3 is 2.71 bits per heavy atom. The zero-order valence-corrected chi connectivity index (χ0v) is 10.3. The summed E-state index contributed by atoms with van der Waals surface area (Å²) in [5.41, 5.74) is 8.70. The van der Waals surface area contributed by atoms with Gasteiger partial charge in [-0.1, -0.05) is 29.8 Å². The number of urea groups is 1. The average Bonchev–Trinajstić information content (AvgIpc) is 2.34. The lowest BCUT2D eigenvalue weighted by Gasteiger charge is -2.06. The Morgan fingerprint density at radius 1 is 1.35 bits per heavy atom. The molecule has 0 spiro atoms. The van der Waals surface area contributed by atoms with Crippen molar-refractivity contribution in [1.82, 2.24) is 10.6 Å². The predicted molar refractivity (Wildman–Crippen MR) is 69.1 cm³/mol. The zero-order chi connectivity index (χ0) is 12.7. The Balaban J connectivity index is 2.44. The molecule has 0 unspecified atom stereocenters. The summed E-state index contributed by atoms with van der Waals surface area (Å²) in [6, 6.07) is 7.64. The third-order valence-electron chi connectivity index (χ3n) is 2.17. The van der Waals surface area contributed by atoms with Crippen LogP contribution in [0.4, 0.5) is 4.79 Å². The van der Waals surface area contributed by atoms with Gasteiger partial charge in [-0.2, -0.15) is 0 Å². The van der Waals surface area contributed by atoms with E-state index in [0.29, 0.717) is 13.1 Å². The second kappa shape index (κ2) is 6.70. The average molecular weight is 233 g/mol. The molecule has 1 rings (SSSR count). The van der Waals surface area contributed by atoms with Crippen LogP contribution in [0.15, 0.2) is 36.0 Å². The Hall–Kier alpha value is -1.81. The lowest BCUT2D eigenvalue weighted by molar-refractivity contribution is 0.243. The summed E-state index contributed by atoms with van der Waals surface area (Å²) in [6.07, 6.45) is 1.67. The van der Waals surface area contributed by atoms with Crippen LogP contribution in [0, 0.1) is 0 Å². The molecule has 4 N–H and O–H groups in total. The molecule has 0 aliphatic carbocycles. The van der Waals surface area contributed by atoms with Gasteiger partial charge in [0, 0.05) is 19.3 Å². The van der Waals surface area contributed by atoms with E-state index in [-0.39, 0.29) is 6.03 Å². The number of benzene rings is 1. The molecule has 0 saturated heterocycles. The first-order valence-electron chi connectivity index (χ1n) is 5.57. The summed E-state index contributed by atoms with van der Waals surface area (Å²) in [7, 11) is 0. The smallest absolute Gasteiger partial charge is 0.319 e. The van der Waals surface area contributed by atoms with Crippen LogP contribution in [0.25, 0.3) is 0 Å². The van der Waals surface area contributed by atoms with E-state index in [9.17, 15) is 4.79 Å². The van der Waals surface area contributed by atoms with E-state index < -0.39 is 0 Å². The van der Waals surface area contributed by atoms with Crippen LogP contribution >= 0.6 is 0 Å². The summed E-state index contributed by atoms with van der Waals surface area (Å²) < 4.78 is 0. The summed E-state index contributed by atoms with van der Waals surface area (Å²) in [5, 5.41) is 5.41. The van der Waals surface area contributed by atoms with E-state index in [1.165, 1.54) is 0 Å². The zero-order valence-electron chi connectivity index (χ0n) is 10.3. The first kappa shape index (κ1) is 13.3. The highest BCUT2D eigenvalue weighted by Crippen LogP contribution is 2.03. The van der Waals surface area contributed by atoms with Crippen LogP contribution in [-0.4, -0.2) is 6.03 Å². The predicted octanol–water partition coefficient (Wildman–Crippen LogP) is 1.87. The lowest BCUT2D eigenvalue weighted by Crippen LogP contribution is -2.31. The van der Waals surface area contributed by atoms with Crippen molar-refractivity contribution in [3.8, 4) is 0 Å². The van der Waals surface area contributed by atoms with Gasteiger partial charge < -0.3 is 16.4 Å². The first-order chi connectivity index (χ1) is 8.11. The summed E-state index contributed by atoms with van der Waals surface area (Å²) in [6.45, 7) is 4.85. The molecule has 2 amide bonds. The van der Waals surface area contributed by atoms with E-state index in [4.69, 9.17) is 5.73 Å². The van der Waals surface area contributed by atoms with E-state index in [0.717, 1.165) is 16.7 Å². The van der Waals surface area contributed by atoms with Crippen LogP contribution in [0.5, 0.6) is 0 Å². The molecule has 4 heteroatoms. The van der Waals surface area contributed by atoms with E-state index >= 15 is 0 Å². The quantitative estimate of drug-likeness (QED) is 0.743. The summed E-state index contributed by atoms with van der Waals surface area (Å²) in [4.78, 5) is 11.4. The molecule has 1 aromatic carbocycles. The lowest BCUT2D eigenvalue weighted by atomic mass is 10.1. The number of carbonyl (C=O) groups is 1. The molecule has 0 aliphatic rings. The molecule has 92 valence electrons. The Kier molecular flexibility index (Phi) is 5.23. The molecule has 0 atom stereocenters. The van der Waals surface area contributed by atoms with E-state index in [2.05, 4.69) is 10.6 Å². The molecule has 0 aromatic heterocycles. The van der Waals surface area contributed by atoms with Crippen molar-refractivity contribution in [3.63, 3.8) is 0 Å². The Bertz CT molecular complexity index is 409. The fraction of sp³-hybridized carbons (Fsp3) is 0.308. The van der Waals surface area contributed by atoms with Crippen molar-refractivity contribution in [2.45, 2.75) is 26.9 Å². The highest BCUT2D eigenvalue weighted by molar-refractivity contribution is 5.74. The molecule has 0 fully saturated rings. The van der Waals surface area contributed by atoms with Gasteiger partial charge in [-0.25, -0.2) is 4.79 Å². The SMILES string of the molecule is CC(C)=CNC(=O)NCc1cccc(CN)c1. The van der Waals surface area contributed by atoms with Gasteiger partial charge in [-0.3, -0.25) is 0 Å². The van der Waals surface area contributed by atoms with E-state index in [1.807, 2.05) is 38.1 Å². The molecule has 4 nitrogen and oxygen atoms in total. The van der Waals surface area contributed by atoms with Crippen LogP contribution in [0.2, 0.25) is 0 Å². The number of rotatable bonds is 4. The van der Waals surface area contributed by atoms with Crippen molar-refractivity contribution in [1.29, 1.82) is 0 Å². The molecule has 0 heterocycles. The van der Waals surface area contributed by atoms with Gasteiger partial charge in [-0.15, -0.1) is 0 Å². The highest BCUT2D eigenvalue weighted by atomic mass is 16.2. The molecule has 1 aromatic rings. The molecule has 0 saturated carbocycles. The van der Waals surface area contributed by atoms with Gasteiger partial charge >= 0.3 is 6.03 Å². The Labute approximate surface area is 102 Å². The number of carbonyl (C=O) groups excluding carboxylic acids is 1. The normalized spacial score (nSPS) is 9.59. The van der Waals surface area contributed by atoms with Gasteiger partial charge in [0.1, 0.15) is 0 Å². The van der Waals surface area contributed by atoms with Crippen LogP contribution in [-0.2, 0) is 13.1 Å². The van der Waals surface area contributed by atoms with Gasteiger partial charge in [0.25, 0.3) is 0 Å². The molecule has 17 heavy (non-hydrogen) atoms. The van der Waals surface area contributed by atoms with Crippen LogP contribution in [0.3, 0.4) is 0 Å². The van der Waals surface area contributed by atoms with Crippen molar-refractivity contribution < 1.29 is 4.79 Å². The number of allylic oxidation sites excluding steroid dienone is 1. The second-order valence-corrected chi connectivity index (χ2v) is 4.07. The number of hydrogen-bond donors (Lipinski definition) is 3. The van der Waals surface area contributed by atoms with Gasteiger partial charge in [0.15, 0.2) is 0 Å². The molecule has 0 radical (unpaired) electrons. The van der Waals surface area contributed by atoms with Crippen LogP contribution in [0.1, 0.15) is 25.0 Å². The molecular formula is C13H19N3O. The molecule has 0 aliphatic heterocycles. The third kappa shape index (κ3) is 5.17. The Morgan fingerprint density at radius 2 is 2.06 bits per heavy atom. The summed E-state index contributed by atoms with van der Waals surface area (Å²) >= 11 is 0. The maximum atomic E-state index is 11.4. The minimum atomic E-state index is -0.204. The van der Waals surface area contributed by atoms with Gasteiger partial charge in [0.05, 0.1) is 0 Å². The third-order valence-corrected chi connectivity index (χ3v) is 2.17. The van der Waals surface area contributed by atoms with Gasteiger partial charge in [-0.05, 0) is 25.0 Å². The number of nitrogens with one attached hydrogen (secondary N) is 2.